The van der Waals surface area contributed by atoms with Crippen molar-refractivity contribution >= 4 is 17.3 Å². The lowest BCUT2D eigenvalue weighted by atomic mass is 9.91. The minimum Gasteiger partial charge on any atom is -0.437 e. The molecule has 2 aromatic rings. The van der Waals surface area contributed by atoms with E-state index in [-0.39, 0.29) is 11.3 Å². The number of allylic oxidation sites excluding steroid dienone is 1. The first-order chi connectivity index (χ1) is 12.2. The third-order valence-electron chi connectivity index (χ3n) is 4.27. The second-order valence-electron chi connectivity index (χ2n) is 5.62. The molecule has 0 aromatic heterocycles. The standard InChI is InChI=1S/C19H11ClN4O/c20-12-7-5-11(6-8-12)18-13(9-21)17(23)14(10-22)19-24(18)15-3-1-2-4-16(15)25-19/h1-8,18H,23H2. The summed E-state index contributed by atoms with van der Waals surface area (Å²) < 4.78 is 5.89. The van der Waals surface area contributed by atoms with Crippen molar-refractivity contribution in [1.29, 1.82) is 10.5 Å². The highest BCUT2D eigenvalue weighted by molar-refractivity contribution is 6.30. The molecule has 0 aliphatic carbocycles. The molecule has 2 aliphatic rings. The van der Waals surface area contributed by atoms with Crippen molar-refractivity contribution in [3.05, 3.63) is 81.8 Å². The van der Waals surface area contributed by atoms with Gasteiger partial charge in [-0.25, -0.2) is 0 Å². The molecule has 0 amide bonds. The van der Waals surface area contributed by atoms with Crippen LogP contribution in [0.1, 0.15) is 11.6 Å². The Kier molecular flexibility index (Phi) is 3.39. The lowest BCUT2D eigenvalue weighted by molar-refractivity contribution is 0.424. The predicted octanol–water partition coefficient (Wildman–Crippen LogP) is 3.77. The van der Waals surface area contributed by atoms with E-state index in [0.29, 0.717) is 22.2 Å². The van der Waals surface area contributed by atoms with Crippen LogP contribution in [0.25, 0.3) is 0 Å². The fourth-order valence-corrected chi connectivity index (χ4v) is 3.28. The Hall–Kier alpha value is -3.41. The molecular weight excluding hydrogens is 336 g/mol. The molecule has 2 N–H and O–H groups in total. The first-order valence-electron chi connectivity index (χ1n) is 7.51. The summed E-state index contributed by atoms with van der Waals surface area (Å²) in [7, 11) is 0. The summed E-state index contributed by atoms with van der Waals surface area (Å²) in [6, 6.07) is 18.4. The lowest BCUT2D eigenvalue weighted by Gasteiger charge is -2.33. The number of hydrogen-bond donors (Lipinski definition) is 1. The number of nitrogens with zero attached hydrogens (tertiary/aromatic N) is 3. The highest BCUT2D eigenvalue weighted by Gasteiger charge is 2.42. The van der Waals surface area contributed by atoms with Gasteiger partial charge in [-0.2, -0.15) is 10.5 Å². The minimum atomic E-state index is -0.488. The van der Waals surface area contributed by atoms with Crippen LogP contribution in [0.5, 0.6) is 5.75 Å². The van der Waals surface area contributed by atoms with Crippen molar-refractivity contribution in [2.75, 3.05) is 4.90 Å². The number of nitrogens with two attached hydrogens (primary N) is 1. The molecule has 0 bridgehead atoms. The van der Waals surface area contributed by atoms with E-state index in [2.05, 4.69) is 12.1 Å². The van der Waals surface area contributed by atoms with Crippen LogP contribution in [-0.4, -0.2) is 0 Å². The number of benzene rings is 2. The zero-order chi connectivity index (χ0) is 17.6. The summed E-state index contributed by atoms with van der Waals surface area (Å²) in [5.41, 5.74) is 8.37. The Bertz CT molecular complexity index is 1020. The van der Waals surface area contributed by atoms with Crippen molar-refractivity contribution in [3.63, 3.8) is 0 Å². The van der Waals surface area contributed by atoms with Crippen molar-refractivity contribution in [2.24, 2.45) is 5.73 Å². The van der Waals surface area contributed by atoms with Gasteiger partial charge in [-0.1, -0.05) is 35.9 Å². The van der Waals surface area contributed by atoms with Crippen LogP contribution in [-0.2, 0) is 0 Å². The van der Waals surface area contributed by atoms with Crippen LogP contribution in [0.2, 0.25) is 5.02 Å². The zero-order valence-electron chi connectivity index (χ0n) is 12.9. The van der Waals surface area contributed by atoms with Crippen LogP contribution in [0.3, 0.4) is 0 Å². The second-order valence-corrected chi connectivity index (χ2v) is 6.06. The molecule has 1 unspecified atom stereocenters. The number of anilines is 1. The van der Waals surface area contributed by atoms with E-state index in [1.165, 1.54) is 0 Å². The first-order valence-corrected chi connectivity index (χ1v) is 7.89. The second kappa shape index (κ2) is 5.59. The molecule has 2 aliphatic heterocycles. The summed E-state index contributed by atoms with van der Waals surface area (Å²) in [5, 5.41) is 19.9. The summed E-state index contributed by atoms with van der Waals surface area (Å²) in [5.74, 6) is 0.969. The number of ether oxygens (including phenoxy) is 1. The fraction of sp³-hybridized carbons (Fsp3) is 0.0526. The number of halogens is 1. The van der Waals surface area contributed by atoms with E-state index < -0.39 is 6.04 Å². The average Bonchev–Trinajstić information content (AvgIpc) is 3.00. The molecule has 5 nitrogen and oxygen atoms in total. The SMILES string of the molecule is N#CC1=C2Oc3ccccc3N2C(c2ccc(Cl)cc2)C(C#N)=C1N. The van der Waals surface area contributed by atoms with Crippen LogP contribution in [0.15, 0.2) is 71.3 Å². The van der Waals surface area contributed by atoms with Crippen molar-refractivity contribution in [2.45, 2.75) is 6.04 Å². The number of para-hydroxylation sites is 2. The zero-order valence-corrected chi connectivity index (χ0v) is 13.7. The van der Waals surface area contributed by atoms with Gasteiger partial charge in [0.05, 0.1) is 29.1 Å². The van der Waals surface area contributed by atoms with E-state index in [9.17, 15) is 10.5 Å². The average molecular weight is 347 g/mol. The minimum absolute atomic E-state index is 0.143. The molecule has 25 heavy (non-hydrogen) atoms. The van der Waals surface area contributed by atoms with Crippen molar-refractivity contribution in [3.8, 4) is 17.9 Å². The molecular formula is C19H11ClN4O. The van der Waals surface area contributed by atoms with E-state index >= 15 is 0 Å². The van der Waals surface area contributed by atoms with Crippen LogP contribution < -0.4 is 15.4 Å². The van der Waals surface area contributed by atoms with Gasteiger partial charge in [-0.15, -0.1) is 0 Å². The highest BCUT2D eigenvalue weighted by atomic mass is 35.5. The largest absolute Gasteiger partial charge is 0.437 e. The van der Waals surface area contributed by atoms with Gasteiger partial charge in [0.2, 0.25) is 5.88 Å². The molecule has 0 saturated heterocycles. The smallest absolute Gasteiger partial charge is 0.221 e. The van der Waals surface area contributed by atoms with Gasteiger partial charge >= 0.3 is 0 Å². The quantitative estimate of drug-likeness (QED) is 0.849. The lowest BCUT2D eigenvalue weighted by Crippen LogP contribution is -2.34. The highest BCUT2D eigenvalue weighted by Crippen LogP contribution is 2.50. The molecule has 0 fully saturated rings. The summed E-state index contributed by atoms with van der Waals surface area (Å²) in [6.45, 7) is 0. The fourth-order valence-electron chi connectivity index (χ4n) is 3.15. The first kappa shape index (κ1) is 15.1. The monoisotopic (exact) mass is 346 g/mol. The molecule has 6 heteroatoms. The Morgan fingerprint density at radius 1 is 1.04 bits per heavy atom. The Labute approximate surface area is 149 Å². The Balaban J connectivity index is 2.00. The van der Waals surface area contributed by atoms with Gasteiger partial charge in [-0.3, -0.25) is 4.90 Å². The van der Waals surface area contributed by atoms with E-state index in [0.717, 1.165) is 11.3 Å². The Morgan fingerprint density at radius 3 is 2.44 bits per heavy atom. The van der Waals surface area contributed by atoms with Gasteiger partial charge in [0.15, 0.2) is 5.75 Å². The number of rotatable bonds is 1. The molecule has 4 rings (SSSR count). The van der Waals surface area contributed by atoms with E-state index in [4.69, 9.17) is 22.1 Å². The van der Waals surface area contributed by atoms with E-state index in [1.54, 1.807) is 12.1 Å². The topological polar surface area (TPSA) is 86.1 Å². The molecule has 120 valence electrons. The predicted molar refractivity (Wildman–Crippen MR) is 93.2 cm³/mol. The van der Waals surface area contributed by atoms with Gasteiger partial charge in [0.25, 0.3) is 0 Å². The molecule has 2 heterocycles. The van der Waals surface area contributed by atoms with Crippen LogP contribution >= 0.6 is 11.6 Å². The van der Waals surface area contributed by atoms with Crippen LogP contribution in [0, 0.1) is 22.7 Å². The van der Waals surface area contributed by atoms with Gasteiger partial charge < -0.3 is 10.5 Å². The third kappa shape index (κ3) is 2.15. The van der Waals surface area contributed by atoms with Crippen molar-refractivity contribution in [1.82, 2.24) is 0 Å². The molecule has 2 aromatic carbocycles. The van der Waals surface area contributed by atoms with E-state index in [1.807, 2.05) is 41.3 Å². The number of hydrogen-bond acceptors (Lipinski definition) is 5. The van der Waals surface area contributed by atoms with Gasteiger partial charge in [0, 0.05) is 5.02 Å². The number of nitriles is 2. The van der Waals surface area contributed by atoms with Crippen molar-refractivity contribution < 1.29 is 4.74 Å². The number of fused-ring (bicyclic) bond motifs is 3. The maximum Gasteiger partial charge on any atom is 0.221 e. The van der Waals surface area contributed by atoms with Gasteiger partial charge in [0.1, 0.15) is 11.6 Å². The van der Waals surface area contributed by atoms with Gasteiger partial charge in [-0.05, 0) is 29.8 Å². The Morgan fingerprint density at radius 2 is 1.76 bits per heavy atom. The molecule has 0 saturated carbocycles. The summed E-state index contributed by atoms with van der Waals surface area (Å²) in [4.78, 5) is 1.84. The summed E-state index contributed by atoms with van der Waals surface area (Å²) >= 11 is 6.00. The molecule has 0 spiro atoms. The summed E-state index contributed by atoms with van der Waals surface area (Å²) in [6.07, 6.45) is 0. The molecule has 1 atom stereocenters. The maximum atomic E-state index is 9.72. The maximum absolute atomic E-state index is 9.72. The molecule has 0 radical (unpaired) electrons. The normalized spacial score (nSPS) is 18.2. The van der Waals surface area contributed by atoms with Crippen LogP contribution in [0.4, 0.5) is 5.69 Å². The third-order valence-corrected chi connectivity index (χ3v) is 4.53.